The van der Waals surface area contributed by atoms with Crippen molar-refractivity contribution in [2.45, 2.75) is 39.9 Å². The van der Waals surface area contributed by atoms with Crippen molar-refractivity contribution in [1.82, 2.24) is 0 Å². The van der Waals surface area contributed by atoms with Crippen LogP contribution in [-0.4, -0.2) is 41.8 Å². The fourth-order valence-corrected chi connectivity index (χ4v) is 2.23. The quantitative estimate of drug-likeness (QED) is 0.484. The van der Waals surface area contributed by atoms with Crippen LogP contribution in [-0.2, 0) is 4.74 Å². The van der Waals surface area contributed by atoms with E-state index in [9.17, 15) is 9.59 Å². The average molecular weight is 466 g/mol. The molecule has 0 heterocycles. The van der Waals surface area contributed by atoms with Crippen LogP contribution < -0.4 is 39.0 Å². The van der Waals surface area contributed by atoms with E-state index in [2.05, 4.69) is 4.74 Å². The van der Waals surface area contributed by atoms with E-state index in [4.69, 9.17) is 27.8 Å². The summed E-state index contributed by atoms with van der Waals surface area (Å²) in [5, 5.41) is 26.5. The number of nitriles is 2. The Bertz CT molecular complexity index is 1110. The molecule has 170 valence electrons. The van der Waals surface area contributed by atoms with Gasteiger partial charge in [0.05, 0.1) is 44.3 Å². The number of carbonyl (C=O) groups excluding carboxylic acids is 1. The number of aromatic carboxylic acids is 1. The molecular formula is C23H25N2NaO7. The van der Waals surface area contributed by atoms with E-state index in [1.165, 1.54) is 57.4 Å². The average Bonchev–Trinajstić information content (AvgIpc) is 2.71. The smallest absolute Gasteiger partial charge is 0.870 e. The molecule has 0 radical (unpaired) electrons. The van der Waals surface area contributed by atoms with E-state index in [-0.39, 0.29) is 68.8 Å². The van der Waals surface area contributed by atoms with Gasteiger partial charge in [-0.15, -0.1) is 0 Å². The number of carboxylic acid groups (broad SMARTS) is 1. The Morgan fingerprint density at radius 3 is 1.64 bits per heavy atom. The SMILES string of the molecule is [2H]C(C)(C)Oc1ccc(C(=O)O)cc1C#N.[2H]C(C)(C)Oc1ccc(C(=O)OC)cc1C#N.[Na+].[OH-]. The van der Waals surface area contributed by atoms with Gasteiger partial charge in [-0.1, -0.05) is 0 Å². The Balaban J connectivity index is 0. The van der Waals surface area contributed by atoms with Gasteiger partial charge in [0, 0.05) is 0 Å². The van der Waals surface area contributed by atoms with Gasteiger partial charge in [-0.2, -0.15) is 10.5 Å². The van der Waals surface area contributed by atoms with E-state index in [1.807, 2.05) is 12.1 Å². The molecule has 2 N–H and O–H groups in total. The van der Waals surface area contributed by atoms with Gasteiger partial charge in [-0.25, -0.2) is 9.59 Å². The van der Waals surface area contributed by atoms with Gasteiger partial charge in [0.25, 0.3) is 0 Å². The summed E-state index contributed by atoms with van der Waals surface area (Å²) in [5.74, 6) is -1.13. The number of esters is 1. The fraction of sp³-hybridized carbons (Fsp3) is 0.304. The summed E-state index contributed by atoms with van der Waals surface area (Å²) in [6.45, 7) is 6.17. The zero-order valence-corrected chi connectivity index (χ0v) is 21.3. The zero-order chi connectivity index (χ0) is 25.4. The number of rotatable bonds is 6. The second kappa shape index (κ2) is 15.7. The molecule has 33 heavy (non-hydrogen) atoms. The Morgan fingerprint density at radius 1 is 0.909 bits per heavy atom. The summed E-state index contributed by atoms with van der Waals surface area (Å²) in [6.07, 6.45) is -2.31. The van der Waals surface area contributed by atoms with E-state index < -0.39 is 24.1 Å². The molecule has 0 bridgehead atoms. The van der Waals surface area contributed by atoms with Gasteiger partial charge in [-0.05, 0) is 64.1 Å². The van der Waals surface area contributed by atoms with Crippen LogP contribution in [0.1, 0.15) is 62.3 Å². The minimum Gasteiger partial charge on any atom is -0.870 e. The van der Waals surface area contributed by atoms with E-state index >= 15 is 0 Å². The molecule has 9 nitrogen and oxygen atoms in total. The van der Waals surface area contributed by atoms with Crippen molar-refractivity contribution in [3.8, 4) is 23.6 Å². The Hall–Kier alpha value is -3.08. The molecule has 0 aliphatic rings. The Kier molecular flexibility index (Phi) is 13.3. The number of methoxy groups -OCH3 is 1. The minimum absolute atomic E-state index is 0. The molecule has 2 rings (SSSR count). The molecule has 0 fully saturated rings. The van der Waals surface area contributed by atoms with Crippen molar-refractivity contribution >= 4 is 11.9 Å². The van der Waals surface area contributed by atoms with Crippen molar-refractivity contribution < 1.29 is 66.7 Å². The third-order valence-corrected chi connectivity index (χ3v) is 3.50. The van der Waals surface area contributed by atoms with Gasteiger partial charge < -0.3 is 24.8 Å². The first-order chi connectivity index (χ1) is 15.2. The molecule has 0 saturated carbocycles. The molecule has 2 aromatic rings. The molecule has 0 spiro atoms. The van der Waals surface area contributed by atoms with Crippen molar-refractivity contribution in [3.63, 3.8) is 0 Å². The van der Waals surface area contributed by atoms with Gasteiger partial charge in [0.1, 0.15) is 23.6 Å². The summed E-state index contributed by atoms with van der Waals surface area (Å²) in [4.78, 5) is 21.9. The van der Waals surface area contributed by atoms with Crippen LogP contribution in [0.2, 0.25) is 0 Å². The molecule has 0 unspecified atom stereocenters. The first kappa shape index (κ1) is 28.0. The van der Waals surface area contributed by atoms with Crippen LogP contribution in [0.15, 0.2) is 36.4 Å². The third-order valence-electron chi connectivity index (χ3n) is 3.50. The van der Waals surface area contributed by atoms with Crippen LogP contribution in [0.5, 0.6) is 11.5 Å². The summed E-state index contributed by atoms with van der Waals surface area (Å²) < 4.78 is 30.2. The van der Waals surface area contributed by atoms with E-state index in [1.54, 1.807) is 13.8 Å². The van der Waals surface area contributed by atoms with Crippen molar-refractivity contribution in [1.29, 1.82) is 10.5 Å². The maximum atomic E-state index is 11.3. The van der Waals surface area contributed by atoms with Crippen molar-refractivity contribution in [2.24, 2.45) is 0 Å². The number of ether oxygens (including phenoxy) is 3. The first-order valence-electron chi connectivity index (χ1n) is 9.98. The molecule has 2 aromatic carbocycles. The van der Waals surface area contributed by atoms with Crippen LogP contribution in [0.25, 0.3) is 0 Å². The van der Waals surface area contributed by atoms with Gasteiger partial charge in [0.15, 0.2) is 0 Å². The number of nitrogens with zero attached hydrogens (tertiary/aromatic N) is 2. The second-order valence-corrected chi connectivity index (χ2v) is 6.46. The van der Waals surface area contributed by atoms with Gasteiger partial charge >= 0.3 is 41.5 Å². The summed E-state index contributed by atoms with van der Waals surface area (Å²) >= 11 is 0. The molecule has 0 amide bonds. The van der Waals surface area contributed by atoms with Crippen LogP contribution in [0, 0.1) is 22.7 Å². The summed E-state index contributed by atoms with van der Waals surface area (Å²) in [5.41, 5.74) is 0.610. The van der Waals surface area contributed by atoms with Gasteiger partial charge in [-0.3, -0.25) is 0 Å². The van der Waals surface area contributed by atoms with E-state index in [0.717, 1.165) is 0 Å². The first-order valence-corrected chi connectivity index (χ1v) is 8.98. The maximum absolute atomic E-state index is 11.3. The zero-order valence-electron chi connectivity index (χ0n) is 21.3. The molecule has 0 aliphatic heterocycles. The molecule has 10 heteroatoms. The molecule has 0 atom stereocenters. The van der Waals surface area contributed by atoms with Crippen molar-refractivity contribution in [3.05, 3.63) is 58.7 Å². The second-order valence-electron chi connectivity index (χ2n) is 6.46. The largest absolute Gasteiger partial charge is 1.00 e. The molecular weight excluding hydrogens is 439 g/mol. The number of hydrogen-bond donors (Lipinski definition) is 1. The number of carboxylic acids is 1. The monoisotopic (exact) mass is 466 g/mol. The molecule has 0 aliphatic carbocycles. The standard InChI is InChI=1S/C12H13NO3.C11H11NO3.Na.H2O/c1-8(2)16-11-5-4-9(12(14)15-3)6-10(11)7-13;1-7(2)15-10-4-3-8(11(13)14)5-9(10)6-12;;/h4-6,8H,1-3H3;3-5,7H,1-2H3,(H,13,14);;1H2/q;;+1;/p-1/i8D;7D;;. The third kappa shape index (κ3) is 10.4. The predicted octanol–water partition coefficient (Wildman–Crippen LogP) is 1.00. The topological polar surface area (TPSA) is 160 Å². The van der Waals surface area contributed by atoms with Crippen LogP contribution >= 0.6 is 0 Å². The van der Waals surface area contributed by atoms with Gasteiger partial charge in [0.2, 0.25) is 0 Å². The Labute approximate surface area is 217 Å². The molecule has 0 aromatic heterocycles. The minimum atomic E-state index is -1.17. The molecule has 0 saturated heterocycles. The number of benzene rings is 2. The number of hydrogen-bond acceptors (Lipinski definition) is 8. The van der Waals surface area contributed by atoms with Crippen LogP contribution in [0.3, 0.4) is 0 Å². The predicted molar refractivity (Wildman–Crippen MR) is 114 cm³/mol. The Morgan fingerprint density at radius 2 is 1.30 bits per heavy atom. The van der Waals surface area contributed by atoms with Crippen molar-refractivity contribution in [2.75, 3.05) is 7.11 Å². The fourth-order valence-electron chi connectivity index (χ4n) is 2.23. The van der Waals surface area contributed by atoms with Crippen LogP contribution in [0.4, 0.5) is 0 Å². The number of carbonyl (C=O) groups is 2. The summed E-state index contributed by atoms with van der Waals surface area (Å²) in [6, 6.07) is 12.1. The summed E-state index contributed by atoms with van der Waals surface area (Å²) in [7, 11) is 1.27. The normalized spacial score (nSPS) is 10.6. The van der Waals surface area contributed by atoms with E-state index in [0.29, 0.717) is 0 Å². The maximum Gasteiger partial charge on any atom is 1.00 e.